The molecule has 2 aromatic rings. The summed E-state index contributed by atoms with van der Waals surface area (Å²) in [6.45, 7) is 1.11. The Hall–Kier alpha value is -2.50. The SMILES string of the molecule is CCOc1ccc(OCc2ccc(CCC=CCF)cc2F)c(F)c1F. The minimum absolute atomic E-state index is 0.199. The van der Waals surface area contributed by atoms with Crippen molar-refractivity contribution in [1.29, 1.82) is 0 Å². The van der Waals surface area contributed by atoms with Gasteiger partial charge in [0.05, 0.1) is 6.61 Å². The number of aryl methyl sites for hydroxylation is 1. The van der Waals surface area contributed by atoms with Gasteiger partial charge in [-0.1, -0.05) is 24.3 Å². The van der Waals surface area contributed by atoms with E-state index < -0.39 is 24.1 Å². The van der Waals surface area contributed by atoms with Gasteiger partial charge in [-0.05, 0) is 43.5 Å². The summed E-state index contributed by atoms with van der Waals surface area (Å²) in [5.74, 6) is -3.32. The zero-order valence-corrected chi connectivity index (χ0v) is 14.4. The molecule has 26 heavy (non-hydrogen) atoms. The van der Waals surface area contributed by atoms with Crippen LogP contribution in [-0.4, -0.2) is 13.3 Å². The predicted octanol–water partition coefficient (Wildman–Crippen LogP) is 5.54. The topological polar surface area (TPSA) is 18.5 Å². The molecular weight excluding hydrogens is 348 g/mol. The molecule has 0 saturated heterocycles. The highest BCUT2D eigenvalue weighted by atomic mass is 19.2. The third-order valence-corrected chi connectivity index (χ3v) is 3.67. The van der Waals surface area contributed by atoms with E-state index in [1.807, 2.05) is 0 Å². The molecule has 0 unspecified atom stereocenters. The van der Waals surface area contributed by atoms with Crippen LogP contribution in [0.4, 0.5) is 17.6 Å². The molecule has 0 saturated carbocycles. The Morgan fingerprint density at radius 2 is 1.62 bits per heavy atom. The van der Waals surface area contributed by atoms with E-state index in [1.165, 1.54) is 30.3 Å². The number of alkyl halides is 1. The molecule has 0 heterocycles. The van der Waals surface area contributed by atoms with Gasteiger partial charge in [0, 0.05) is 5.56 Å². The van der Waals surface area contributed by atoms with Gasteiger partial charge >= 0.3 is 0 Å². The van der Waals surface area contributed by atoms with E-state index in [2.05, 4.69) is 0 Å². The van der Waals surface area contributed by atoms with E-state index in [-0.39, 0.29) is 30.3 Å². The van der Waals surface area contributed by atoms with E-state index in [1.54, 1.807) is 19.1 Å². The highest BCUT2D eigenvalue weighted by Crippen LogP contribution is 2.28. The van der Waals surface area contributed by atoms with Crippen molar-refractivity contribution in [2.75, 3.05) is 13.3 Å². The molecule has 0 aliphatic carbocycles. The second-order valence-corrected chi connectivity index (χ2v) is 5.50. The second kappa shape index (κ2) is 9.85. The van der Waals surface area contributed by atoms with Gasteiger partial charge in [0.2, 0.25) is 11.6 Å². The normalized spacial score (nSPS) is 11.1. The lowest BCUT2D eigenvalue weighted by Crippen LogP contribution is -2.03. The van der Waals surface area contributed by atoms with Gasteiger partial charge < -0.3 is 9.47 Å². The summed E-state index contributed by atoms with van der Waals surface area (Å²) in [5.41, 5.74) is 0.981. The van der Waals surface area contributed by atoms with Crippen LogP contribution in [0.2, 0.25) is 0 Å². The number of ether oxygens (including phenoxy) is 2. The summed E-state index contributed by atoms with van der Waals surface area (Å²) in [7, 11) is 0. The third kappa shape index (κ3) is 5.25. The van der Waals surface area contributed by atoms with Crippen LogP contribution in [-0.2, 0) is 13.0 Å². The number of allylic oxidation sites excluding steroid dienone is 2. The maximum absolute atomic E-state index is 14.1. The van der Waals surface area contributed by atoms with Crippen LogP contribution in [0.25, 0.3) is 0 Å². The van der Waals surface area contributed by atoms with Gasteiger partial charge in [-0.2, -0.15) is 8.78 Å². The van der Waals surface area contributed by atoms with Crippen molar-refractivity contribution in [1.82, 2.24) is 0 Å². The Morgan fingerprint density at radius 1 is 0.923 bits per heavy atom. The van der Waals surface area contributed by atoms with Gasteiger partial charge in [0.25, 0.3) is 0 Å². The van der Waals surface area contributed by atoms with Crippen LogP contribution in [0.15, 0.2) is 42.5 Å². The molecule has 0 N–H and O–H groups in total. The van der Waals surface area contributed by atoms with Crippen molar-refractivity contribution in [3.05, 3.63) is 71.1 Å². The highest BCUT2D eigenvalue weighted by molar-refractivity contribution is 5.35. The van der Waals surface area contributed by atoms with Gasteiger partial charge in [-0.15, -0.1) is 0 Å². The molecule has 0 atom stereocenters. The Morgan fingerprint density at radius 3 is 2.23 bits per heavy atom. The predicted molar refractivity (Wildman–Crippen MR) is 91.7 cm³/mol. The Kier molecular flexibility index (Phi) is 7.51. The molecule has 0 bridgehead atoms. The lowest BCUT2D eigenvalue weighted by atomic mass is 10.1. The zero-order valence-electron chi connectivity index (χ0n) is 14.4. The van der Waals surface area contributed by atoms with E-state index in [0.717, 1.165) is 5.56 Å². The lowest BCUT2D eigenvalue weighted by molar-refractivity contribution is 0.270. The first kappa shape index (κ1) is 19.8. The maximum atomic E-state index is 14.1. The second-order valence-electron chi connectivity index (χ2n) is 5.50. The fourth-order valence-electron chi connectivity index (χ4n) is 2.34. The number of benzene rings is 2. The maximum Gasteiger partial charge on any atom is 0.204 e. The molecule has 0 radical (unpaired) electrons. The van der Waals surface area contributed by atoms with Crippen molar-refractivity contribution in [2.24, 2.45) is 0 Å². The van der Waals surface area contributed by atoms with Crippen LogP contribution >= 0.6 is 0 Å². The van der Waals surface area contributed by atoms with Gasteiger partial charge in [0.1, 0.15) is 19.1 Å². The number of halogens is 4. The van der Waals surface area contributed by atoms with Crippen molar-refractivity contribution < 1.29 is 27.0 Å². The van der Waals surface area contributed by atoms with Crippen LogP contribution in [0.5, 0.6) is 11.5 Å². The molecule has 2 rings (SSSR count). The minimum atomic E-state index is -1.17. The van der Waals surface area contributed by atoms with Crippen LogP contribution < -0.4 is 9.47 Å². The van der Waals surface area contributed by atoms with E-state index in [0.29, 0.717) is 12.8 Å². The molecular formula is C20H20F4O2. The van der Waals surface area contributed by atoms with E-state index in [9.17, 15) is 17.6 Å². The number of rotatable bonds is 9. The largest absolute Gasteiger partial charge is 0.491 e. The molecule has 0 aliphatic rings. The van der Waals surface area contributed by atoms with Gasteiger partial charge in [-0.25, -0.2) is 8.78 Å². The molecule has 6 heteroatoms. The van der Waals surface area contributed by atoms with Crippen molar-refractivity contribution in [2.45, 2.75) is 26.4 Å². The number of hydrogen-bond donors (Lipinski definition) is 0. The first-order valence-electron chi connectivity index (χ1n) is 8.28. The van der Waals surface area contributed by atoms with Gasteiger partial charge in [-0.3, -0.25) is 0 Å². The first-order chi connectivity index (χ1) is 12.6. The van der Waals surface area contributed by atoms with Crippen LogP contribution in [0.3, 0.4) is 0 Å². The zero-order chi connectivity index (χ0) is 18.9. The Balaban J connectivity index is 2.01. The quantitative estimate of drug-likeness (QED) is 0.427. The number of hydrogen-bond acceptors (Lipinski definition) is 2. The summed E-state index contributed by atoms with van der Waals surface area (Å²) in [4.78, 5) is 0. The van der Waals surface area contributed by atoms with E-state index in [4.69, 9.17) is 9.47 Å². The molecule has 0 spiro atoms. The first-order valence-corrected chi connectivity index (χ1v) is 8.28. The summed E-state index contributed by atoms with van der Waals surface area (Å²) < 4.78 is 64.0. The van der Waals surface area contributed by atoms with Crippen LogP contribution in [0.1, 0.15) is 24.5 Å². The van der Waals surface area contributed by atoms with Crippen molar-refractivity contribution in [3.63, 3.8) is 0 Å². The Bertz CT molecular complexity index is 760. The Labute approximate surface area is 150 Å². The average Bonchev–Trinajstić information content (AvgIpc) is 2.63. The summed E-state index contributed by atoms with van der Waals surface area (Å²) in [6.07, 6.45) is 4.28. The van der Waals surface area contributed by atoms with Crippen molar-refractivity contribution in [3.8, 4) is 11.5 Å². The average molecular weight is 368 g/mol. The molecule has 140 valence electrons. The standard InChI is InChI=1S/C20H20F4O2/c1-2-25-17-9-10-18(20(24)19(17)23)26-13-15-8-7-14(12-16(15)22)6-4-3-5-11-21/h3,5,7-10,12H,2,4,6,11,13H2,1H3. The molecule has 0 amide bonds. The van der Waals surface area contributed by atoms with E-state index >= 15 is 0 Å². The minimum Gasteiger partial charge on any atom is -0.491 e. The van der Waals surface area contributed by atoms with Gasteiger partial charge in [0.15, 0.2) is 11.5 Å². The fourth-order valence-corrected chi connectivity index (χ4v) is 2.34. The summed E-state index contributed by atoms with van der Waals surface area (Å²) in [5, 5.41) is 0. The fraction of sp³-hybridized carbons (Fsp3) is 0.300. The lowest BCUT2D eigenvalue weighted by Gasteiger charge is -2.11. The van der Waals surface area contributed by atoms with Crippen molar-refractivity contribution >= 4 is 0 Å². The molecule has 0 fully saturated rings. The highest BCUT2D eigenvalue weighted by Gasteiger charge is 2.16. The summed E-state index contributed by atoms with van der Waals surface area (Å²) in [6, 6.07) is 7.12. The smallest absolute Gasteiger partial charge is 0.204 e. The molecule has 0 aromatic heterocycles. The third-order valence-electron chi connectivity index (χ3n) is 3.67. The molecule has 2 aromatic carbocycles. The summed E-state index contributed by atoms with van der Waals surface area (Å²) >= 11 is 0. The molecule has 2 nitrogen and oxygen atoms in total. The molecule has 0 aliphatic heterocycles. The monoisotopic (exact) mass is 368 g/mol. The van der Waals surface area contributed by atoms with Crippen LogP contribution in [0, 0.1) is 17.5 Å².